The number of nitrogens with one attached hydrogen (secondary N) is 1. The van der Waals surface area contributed by atoms with Gasteiger partial charge in [0, 0.05) is 32.9 Å². The van der Waals surface area contributed by atoms with Crippen LogP contribution in [0.5, 0.6) is 0 Å². The Balaban J connectivity index is 1.67. The van der Waals surface area contributed by atoms with E-state index < -0.39 is 0 Å². The van der Waals surface area contributed by atoms with E-state index in [1.807, 2.05) is 23.9 Å². The van der Waals surface area contributed by atoms with E-state index >= 15 is 0 Å². The molecular weight excluding hydrogens is 224 g/mol. The quantitative estimate of drug-likeness (QED) is 0.800. The van der Waals surface area contributed by atoms with Crippen LogP contribution >= 0.6 is 0 Å². The van der Waals surface area contributed by atoms with E-state index in [1.54, 1.807) is 0 Å². The Morgan fingerprint density at radius 3 is 2.78 bits per heavy atom. The van der Waals surface area contributed by atoms with Crippen molar-refractivity contribution in [1.82, 2.24) is 14.8 Å². The number of nitriles is 1. The Morgan fingerprint density at radius 2 is 2.11 bits per heavy atom. The Kier molecular flexibility index (Phi) is 4.80. The van der Waals surface area contributed by atoms with E-state index in [4.69, 9.17) is 5.26 Å². The van der Waals surface area contributed by atoms with Crippen LogP contribution in [0.2, 0.25) is 0 Å². The summed E-state index contributed by atoms with van der Waals surface area (Å²) in [6.07, 6.45) is 6.12. The standard InChI is InChI=1S/C14H22N4/c1-17-12-13(9-14(17)10-15)11-16-5-8-18-6-3-2-4-7-18/h9,12,16H,2-8,11H2,1H3. The minimum absolute atomic E-state index is 0.725. The van der Waals surface area contributed by atoms with Gasteiger partial charge in [-0.1, -0.05) is 6.42 Å². The second-order valence-corrected chi connectivity index (χ2v) is 5.04. The molecule has 0 aromatic carbocycles. The summed E-state index contributed by atoms with van der Waals surface area (Å²) >= 11 is 0. The lowest BCUT2D eigenvalue weighted by atomic mass is 10.1. The van der Waals surface area contributed by atoms with Gasteiger partial charge in [-0.05, 0) is 37.6 Å². The summed E-state index contributed by atoms with van der Waals surface area (Å²) in [5.74, 6) is 0. The molecule has 0 unspecified atom stereocenters. The zero-order chi connectivity index (χ0) is 12.8. The lowest BCUT2D eigenvalue weighted by molar-refractivity contribution is 0.229. The van der Waals surface area contributed by atoms with Crippen molar-refractivity contribution in [3.05, 3.63) is 23.5 Å². The molecule has 18 heavy (non-hydrogen) atoms. The normalized spacial score (nSPS) is 16.7. The first-order valence-corrected chi connectivity index (χ1v) is 6.78. The van der Waals surface area contributed by atoms with E-state index in [-0.39, 0.29) is 0 Å². The average molecular weight is 246 g/mol. The fourth-order valence-electron chi connectivity index (χ4n) is 2.49. The minimum atomic E-state index is 0.725. The van der Waals surface area contributed by atoms with Crippen molar-refractivity contribution >= 4 is 0 Å². The van der Waals surface area contributed by atoms with Crippen LogP contribution in [0.4, 0.5) is 0 Å². The molecule has 0 aliphatic carbocycles. The van der Waals surface area contributed by atoms with Gasteiger partial charge in [0.2, 0.25) is 0 Å². The van der Waals surface area contributed by atoms with Gasteiger partial charge >= 0.3 is 0 Å². The molecule has 0 atom stereocenters. The zero-order valence-corrected chi connectivity index (χ0v) is 11.2. The highest BCUT2D eigenvalue weighted by Crippen LogP contribution is 2.08. The van der Waals surface area contributed by atoms with Crippen LogP contribution in [0.3, 0.4) is 0 Å². The van der Waals surface area contributed by atoms with Gasteiger partial charge in [0.15, 0.2) is 0 Å². The monoisotopic (exact) mass is 246 g/mol. The number of likely N-dealkylation sites (tertiary alicyclic amines) is 1. The van der Waals surface area contributed by atoms with Gasteiger partial charge in [-0.25, -0.2) is 0 Å². The molecule has 1 N–H and O–H groups in total. The average Bonchev–Trinajstić information content (AvgIpc) is 2.76. The van der Waals surface area contributed by atoms with Crippen molar-refractivity contribution in [2.75, 3.05) is 26.2 Å². The van der Waals surface area contributed by atoms with Gasteiger partial charge in [0.1, 0.15) is 11.8 Å². The molecular formula is C14H22N4. The molecule has 0 saturated carbocycles. The summed E-state index contributed by atoms with van der Waals surface area (Å²) in [6, 6.07) is 4.14. The number of aryl methyl sites for hydroxylation is 1. The summed E-state index contributed by atoms with van der Waals surface area (Å²) in [5, 5.41) is 12.3. The SMILES string of the molecule is Cn1cc(CNCCN2CCCCC2)cc1C#N. The van der Waals surface area contributed by atoms with Crippen LogP contribution < -0.4 is 5.32 Å². The zero-order valence-electron chi connectivity index (χ0n) is 11.2. The molecule has 4 nitrogen and oxygen atoms in total. The molecule has 0 bridgehead atoms. The smallest absolute Gasteiger partial charge is 0.120 e. The van der Waals surface area contributed by atoms with Gasteiger partial charge in [-0.3, -0.25) is 0 Å². The molecule has 4 heteroatoms. The van der Waals surface area contributed by atoms with E-state index in [2.05, 4.69) is 16.3 Å². The number of hydrogen-bond acceptors (Lipinski definition) is 3. The Morgan fingerprint density at radius 1 is 1.33 bits per heavy atom. The molecule has 0 amide bonds. The number of hydrogen-bond donors (Lipinski definition) is 1. The van der Waals surface area contributed by atoms with Crippen LogP contribution in [0.15, 0.2) is 12.3 Å². The molecule has 0 spiro atoms. The molecule has 98 valence electrons. The first kappa shape index (κ1) is 13.1. The molecule has 1 aromatic rings. The molecule has 2 rings (SSSR count). The topological polar surface area (TPSA) is 44.0 Å². The second-order valence-electron chi connectivity index (χ2n) is 5.04. The van der Waals surface area contributed by atoms with Crippen LogP contribution in [0.1, 0.15) is 30.5 Å². The largest absolute Gasteiger partial charge is 0.342 e. The highest BCUT2D eigenvalue weighted by molar-refractivity contribution is 5.28. The second kappa shape index (κ2) is 6.58. The summed E-state index contributed by atoms with van der Waals surface area (Å²) in [4.78, 5) is 2.53. The van der Waals surface area contributed by atoms with Crippen LogP contribution in [0, 0.1) is 11.3 Å². The molecule has 1 fully saturated rings. The number of piperidine rings is 1. The molecule has 1 aromatic heterocycles. The number of nitrogens with zero attached hydrogens (tertiary/aromatic N) is 3. The molecule has 1 aliphatic rings. The molecule has 1 saturated heterocycles. The third kappa shape index (κ3) is 3.59. The van der Waals surface area contributed by atoms with Crippen molar-refractivity contribution in [2.45, 2.75) is 25.8 Å². The van der Waals surface area contributed by atoms with Gasteiger partial charge in [0.25, 0.3) is 0 Å². The van der Waals surface area contributed by atoms with E-state index in [9.17, 15) is 0 Å². The molecule has 1 aliphatic heterocycles. The molecule has 2 heterocycles. The predicted octanol–water partition coefficient (Wildman–Crippen LogP) is 1.47. The van der Waals surface area contributed by atoms with Crippen LogP contribution in [-0.2, 0) is 13.6 Å². The third-order valence-electron chi connectivity index (χ3n) is 3.56. The fraction of sp³-hybridized carbons (Fsp3) is 0.643. The maximum atomic E-state index is 8.88. The molecule has 0 radical (unpaired) electrons. The number of rotatable bonds is 5. The van der Waals surface area contributed by atoms with Crippen molar-refractivity contribution in [3.8, 4) is 6.07 Å². The predicted molar refractivity (Wildman–Crippen MR) is 72.1 cm³/mol. The van der Waals surface area contributed by atoms with Crippen molar-refractivity contribution in [2.24, 2.45) is 7.05 Å². The van der Waals surface area contributed by atoms with Crippen molar-refractivity contribution < 1.29 is 0 Å². The van der Waals surface area contributed by atoms with Gasteiger partial charge in [-0.15, -0.1) is 0 Å². The van der Waals surface area contributed by atoms with Crippen LogP contribution in [-0.4, -0.2) is 35.6 Å². The van der Waals surface area contributed by atoms with Gasteiger partial charge < -0.3 is 14.8 Å². The third-order valence-corrected chi connectivity index (χ3v) is 3.56. The highest BCUT2D eigenvalue weighted by atomic mass is 15.1. The lowest BCUT2D eigenvalue weighted by Gasteiger charge is -2.26. The van der Waals surface area contributed by atoms with Crippen molar-refractivity contribution in [3.63, 3.8) is 0 Å². The Labute approximate surface area is 109 Å². The summed E-state index contributed by atoms with van der Waals surface area (Å²) in [6.45, 7) is 5.52. The highest BCUT2D eigenvalue weighted by Gasteiger charge is 2.08. The minimum Gasteiger partial charge on any atom is -0.342 e. The van der Waals surface area contributed by atoms with Gasteiger partial charge in [0.05, 0.1) is 0 Å². The number of aromatic nitrogens is 1. The summed E-state index contributed by atoms with van der Waals surface area (Å²) in [7, 11) is 1.91. The van der Waals surface area contributed by atoms with E-state index in [1.165, 1.54) is 37.9 Å². The Hall–Kier alpha value is -1.31. The van der Waals surface area contributed by atoms with Crippen molar-refractivity contribution in [1.29, 1.82) is 5.26 Å². The van der Waals surface area contributed by atoms with E-state index in [0.717, 1.165) is 25.3 Å². The van der Waals surface area contributed by atoms with Gasteiger partial charge in [-0.2, -0.15) is 5.26 Å². The van der Waals surface area contributed by atoms with Crippen LogP contribution in [0.25, 0.3) is 0 Å². The first-order valence-electron chi connectivity index (χ1n) is 6.78. The fourth-order valence-corrected chi connectivity index (χ4v) is 2.49. The maximum Gasteiger partial charge on any atom is 0.120 e. The van der Waals surface area contributed by atoms with E-state index in [0.29, 0.717) is 0 Å². The first-order chi connectivity index (χ1) is 8.79. The summed E-state index contributed by atoms with van der Waals surface area (Å²) < 4.78 is 1.88. The Bertz CT molecular complexity index is 410. The summed E-state index contributed by atoms with van der Waals surface area (Å²) in [5.41, 5.74) is 1.91. The maximum absolute atomic E-state index is 8.88. The lowest BCUT2D eigenvalue weighted by Crippen LogP contribution is -2.35.